The van der Waals surface area contributed by atoms with Crippen LogP contribution in [0.2, 0.25) is 0 Å². The Kier molecular flexibility index (Phi) is 8.91. The minimum absolute atomic E-state index is 0.00517. The average Bonchev–Trinajstić information content (AvgIpc) is 2.72. The second-order valence-corrected chi connectivity index (χ2v) is 6.60. The zero-order valence-electron chi connectivity index (χ0n) is 17.5. The molecule has 1 aromatic carbocycles. The molecule has 0 radical (unpaired) electrons. The molecule has 7 heteroatoms. The summed E-state index contributed by atoms with van der Waals surface area (Å²) in [5, 5.41) is 3.36. The minimum Gasteiger partial charge on any atom is -0.493 e. The van der Waals surface area contributed by atoms with Crippen molar-refractivity contribution >= 4 is 11.9 Å². The molecule has 1 aliphatic heterocycles. The molecule has 0 aromatic heterocycles. The Morgan fingerprint density at radius 3 is 2.54 bits per heavy atom. The summed E-state index contributed by atoms with van der Waals surface area (Å²) in [5.74, 6) is 2.25. The van der Waals surface area contributed by atoms with E-state index in [1.807, 2.05) is 32.0 Å². The smallest absolute Gasteiger partial charge is 0.309 e. The maximum absolute atomic E-state index is 11.9. The first-order valence-electron chi connectivity index (χ1n) is 10.1. The molecule has 0 spiro atoms. The van der Waals surface area contributed by atoms with E-state index in [2.05, 4.69) is 17.1 Å². The van der Waals surface area contributed by atoms with Crippen LogP contribution in [0.5, 0.6) is 11.5 Å². The molecule has 7 nitrogen and oxygen atoms in total. The highest BCUT2D eigenvalue weighted by Crippen LogP contribution is 2.28. The van der Waals surface area contributed by atoms with E-state index in [-0.39, 0.29) is 11.9 Å². The van der Waals surface area contributed by atoms with Gasteiger partial charge in [-0.2, -0.15) is 0 Å². The van der Waals surface area contributed by atoms with Crippen LogP contribution < -0.4 is 14.8 Å². The Hall–Kier alpha value is -2.44. The van der Waals surface area contributed by atoms with Crippen LogP contribution >= 0.6 is 0 Å². The summed E-state index contributed by atoms with van der Waals surface area (Å²) in [6.45, 7) is 9.81. The van der Waals surface area contributed by atoms with E-state index in [4.69, 9.17) is 19.2 Å². The van der Waals surface area contributed by atoms with Crippen LogP contribution in [0.15, 0.2) is 23.2 Å². The van der Waals surface area contributed by atoms with Gasteiger partial charge in [-0.1, -0.05) is 6.07 Å². The molecule has 1 saturated heterocycles. The van der Waals surface area contributed by atoms with E-state index in [1.54, 1.807) is 7.11 Å². The Morgan fingerprint density at radius 2 is 1.93 bits per heavy atom. The molecule has 28 heavy (non-hydrogen) atoms. The topological polar surface area (TPSA) is 72.4 Å². The monoisotopic (exact) mass is 391 g/mol. The van der Waals surface area contributed by atoms with E-state index < -0.39 is 0 Å². The van der Waals surface area contributed by atoms with E-state index in [0.29, 0.717) is 19.8 Å². The van der Waals surface area contributed by atoms with Crippen molar-refractivity contribution < 1.29 is 19.0 Å². The van der Waals surface area contributed by atoms with Gasteiger partial charge in [0.1, 0.15) is 0 Å². The number of ether oxygens (including phenoxy) is 3. The van der Waals surface area contributed by atoms with Crippen LogP contribution in [-0.2, 0) is 16.1 Å². The Morgan fingerprint density at radius 1 is 1.18 bits per heavy atom. The molecule has 0 bridgehead atoms. The third kappa shape index (κ3) is 6.04. The third-order valence-electron chi connectivity index (χ3n) is 4.69. The first-order valence-corrected chi connectivity index (χ1v) is 10.1. The number of carbonyl (C=O) groups is 1. The second-order valence-electron chi connectivity index (χ2n) is 6.60. The van der Waals surface area contributed by atoms with E-state index in [9.17, 15) is 4.79 Å². The van der Waals surface area contributed by atoms with Gasteiger partial charge in [0, 0.05) is 19.6 Å². The van der Waals surface area contributed by atoms with Crippen LogP contribution in [0, 0.1) is 5.92 Å². The van der Waals surface area contributed by atoms with Gasteiger partial charge in [-0.05, 0) is 51.3 Å². The number of rotatable bonds is 8. The molecule has 2 rings (SSSR count). The van der Waals surface area contributed by atoms with Gasteiger partial charge < -0.3 is 24.4 Å². The summed E-state index contributed by atoms with van der Waals surface area (Å²) < 4.78 is 16.1. The minimum atomic E-state index is -0.0780. The summed E-state index contributed by atoms with van der Waals surface area (Å²) in [6.07, 6.45) is 1.58. The van der Waals surface area contributed by atoms with Crippen molar-refractivity contribution in [3.05, 3.63) is 23.8 Å². The van der Waals surface area contributed by atoms with E-state index >= 15 is 0 Å². The molecule has 1 aliphatic rings. The lowest BCUT2D eigenvalue weighted by Gasteiger charge is -2.33. The number of aliphatic imine (C=N–C) groups is 1. The molecule has 0 aliphatic carbocycles. The number of carbonyl (C=O) groups excluding carboxylic acids is 1. The van der Waals surface area contributed by atoms with Crippen molar-refractivity contribution in [2.75, 3.05) is 40.0 Å². The van der Waals surface area contributed by atoms with E-state index in [1.165, 1.54) is 0 Å². The predicted molar refractivity (Wildman–Crippen MR) is 110 cm³/mol. The predicted octanol–water partition coefficient (Wildman–Crippen LogP) is 2.83. The number of hydrogen-bond donors (Lipinski definition) is 1. The lowest BCUT2D eigenvalue weighted by atomic mass is 9.97. The first-order chi connectivity index (χ1) is 13.6. The number of benzene rings is 1. The molecule has 1 aromatic rings. The Balaban J connectivity index is 2.03. The standard InChI is InChI=1S/C21H33N3O4/c1-5-22-21(24-12-10-17(11-13-24)20(25)28-7-3)23-15-16-8-9-18(26-4)19(14-16)27-6-2/h8-9,14,17H,5-7,10-13,15H2,1-4H3,(H,22,23). The SMILES string of the molecule is CCNC(=NCc1ccc(OC)c(OCC)c1)N1CCC(C(=O)OCC)CC1. The molecule has 0 amide bonds. The van der Waals surface area contributed by atoms with Gasteiger partial charge >= 0.3 is 5.97 Å². The molecular weight excluding hydrogens is 358 g/mol. The number of esters is 1. The zero-order valence-corrected chi connectivity index (χ0v) is 17.5. The van der Waals surface area contributed by atoms with Crippen molar-refractivity contribution in [2.45, 2.75) is 40.2 Å². The highest BCUT2D eigenvalue weighted by Gasteiger charge is 2.27. The lowest BCUT2D eigenvalue weighted by Crippen LogP contribution is -2.46. The van der Waals surface area contributed by atoms with Crippen LogP contribution in [0.4, 0.5) is 0 Å². The summed E-state index contributed by atoms with van der Waals surface area (Å²) >= 11 is 0. The fourth-order valence-corrected chi connectivity index (χ4v) is 3.27. The normalized spacial score (nSPS) is 15.3. The van der Waals surface area contributed by atoms with Crippen molar-refractivity contribution in [1.82, 2.24) is 10.2 Å². The number of piperidine rings is 1. The highest BCUT2D eigenvalue weighted by atomic mass is 16.5. The maximum atomic E-state index is 11.9. The van der Waals surface area contributed by atoms with Crippen molar-refractivity contribution in [1.29, 1.82) is 0 Å². The van der Waals surface area contributed by atoms with Crippen molar-refractivity contribution in [3.63, 3.8) is 0 Å². The number of nitrogens with zero attached hydrogens (tertiary/aromatic N) is 2. The first kappa shape index (κ1) is 21.9. The molecule has 1 heterocycles. The number of hydrogen-bond acceptors (Lipinski definition) is 5. The van der Waals surface area contributed by atoms with E-state index in [0.717, 1.165) is 55.5 Å². The van der Waals surface area contributed by atoms with Crippen LogP contribution in [-0.4, -0.2) is 56.8 Å². The van der Waals surface area contributed by atoms with Crippen molar-refractivity contribution in [3.8, 4) is 11.5 Å². The number of methoxy groups -OCH3 is 1. The molecule has 0 atom stereocenters. The molecule has 1 fully saturated rings. The highest BCUT2D eigenvalue weighted by molar-refractivity contribution is 5.80. The van der Waals surface area contributed by atoms with Gasteiger partial charge in [-0.3, -0.25) is 4.79 Å². The van der Waals surface area contributed by atoms with Crippen LogP contribution in [0.1, 0.15) is 39.2 Å². The quantitative estimate of drug-likeness (QED) is 0.417. The molecule has 0 saturated carbocycles. The summed E-state index contributed by atoms with van der Waals surface area (Å²) in [5.41, 5.74) is 1.06. The van der Waals surface area contributed by atoms with Crippen LogP contribution in [0.25, 0.3) is 0 Å². The van der Waals surface area contributed by atoms with Gasteiger partial charge in [0.05, 0.1) is 32.8 Å². The van der Waals surface area contributed by atoms with Gasteiger partial charge in [-0.15, -0.1) is 0 Å². The summed E-state index contributed by atoms with van der Waals surface area (Å²) in [4.78, 5) is 18.9. The van der Waals surface area contributed by atoms with Crippen molar-refractivity contribution in [2.24, 2.45) is 10.9 Å². The number of guanidine groups is 1. The molecule has 1 N–H and O–H groups in total. The zero-order chi connectivity index (χ0) is 20.4. The lowest BCUT2D eigenvalue weighted by molar-refractivity contribution is -0.149. The number of likely N-dealkylation sites (tertiary alicyclic amines) is 1. The van der Waals surface area contributed by atoms with Gasteiger partial charge in [0.25, 0.3) is 0 Å². The van der Waals surface area contributed by atoms with Gasteiger partial charge in [-0.25, -0.2) is 4.99 Å². The Bertz CT molecular complexity index is 655. The molecule has 0 unspecified atom stereocenters. The summed E-state index contributed by atoms with van der Waals surface area (Å²) in [7, 11) is 1.64. The summed E-state index contributed by atoms with van der Waals surface area (Å²) in [6, 6.07) is 5.89. The molecule has 156 valence electrons. The maximum Gasteiger partial charge on any atom is 0.309 e. The molecular formula is C21H33N3O4. The van der Waals surface area contributed by atoms with Gasteiger partial charge in [0.2, 0.25) is 0 Å². The largest absolute Gasteiger partial charge is 0.493 e. The Labute approximate surface area is 168 Å². The second kappa shape index (κ2) is 11.4. The van der Waals surface area contributed by atoms with Crippen LogP contribution in [0.3, 0.4) is 0 Å². The fourth-order valence-electron chi connectivity index (χ4n) is 3.27. The fraction of sp³-hybridized carbons (Fsp3) is 0.619. The number of nitrogens with one attached hydrogen (secondary N) is 1. The third-order valence-corrected chi connectivity index (χ3v) is 4.69. The van der Waals surface area contributed by atoms with Gasteiger partial charge in [0.15, 0.2) is 17.5 Å². The average molecular weight is 392 g/mol.